The summed E-state index contributed by atoms with van der Waals surface area (Å²) in [6.07, 6.45) is 2.48. The molecule has 0 radical (unpaired) electrons. The first kappa shape index (κ1) is 13.5. The van der Waals surface area contributed by atoms with Crippen LogP contribution in [0.1, 0.15) is 26.7 Å². The Morgan fingerprint density at radius 2 is 2.31 bits per heavy atom. The second-order valence-corrected chi connectivity index (χ2v) is 4.66. The Morgan fingerprint density at radius 1 is 1.56 bits per heavy atom. The van der Waals surface area contributed by atoms with Crippen molar-refractivity contribution in [2.24, 2.45) is 5.92 Å². The van der Waals surface area contributed by atoms with Crippen LogP contribution in [0.25, 0.3) is 0 Å². The molecular weight excluding hydrogens is 202 g/mol. The van der Waals surface area contributed by atoms with Gasteiger partial charge in [-0.05, 0) is 38.8 Å². The first-order chi connectivity index (χ1) is 7.67. The number of likely N-dealkylation sites (tertiary alicyclic amines) is 1. The molecule has 1 heterocycles. The zero-order valence-electron chi connectivity index (χ0n) is 10.8. The van der Waals surface area contributed by atoms with Crippen molar-refractivity contribution in [3.8, 4) is 0 Å². The topological polar surface area (TPSA) is 44.4 Å². The highest BCUT2D eigenvalue weighted by Gasteiger charge is 2.24. The van der Waals surface area contributed by atoms with Gasteiger partial charge >= 0.3 is 0 Å². The van der Waals surface area contributed by atoms with Gasteiger partial charge in [0.1, 0.15) is 0 Å². The van der Waals surface area contributed by atoms with Crippen molar-refractivity contribution < 1.29 is 4.79 Å². The zero-order valence-corrected chi connectivity index (χ0v) is 10.8. The van der Waals surface area contributed by atoms with Crippen LogP contribution in [0.4, 0.5) is 0 Å². The van der Waals surface area contributed by atoms with Crippen LogP contribution in [-0.2, 0) is 4.79 Å². The lowest BCUT2D eigenvalue weighted by atomic mass is 9.91. The monoisotopic (exact) mass is 227 g/mol. The van der Waals surface area contributed by atoms with Gasteiger partial charge in [-0.25, -0.2) is 0 Å². The maximum Gasteiger partial charge on any atom is 0.233 e. The summed E-state index contributed by atoms with van der Waals surface area (Å²) in [6.45, 7) is 8.06. The maximum atomic E-state index is 11.3. The highest BCUT2D eigenvalue weighted by atomic mass is 16.1. The van der Waals surface area contributed by atoms with E-state index in [0.29, 0.717) is 18.5 Å². The molecule has 1 saturated heterocycles. The SMILES string of the molecule is CCNC(C)C1CCCN(CC(=O)NC)C1. The number of hydrogen-bond acceptors (Lipinski definition) is 3. The number of rotatable bonds is 5. The third-order valence-electron chi connectivity index (χ3n) is 3.42. The number of carbonyl (C=O) groups is 1. The van der Waals surface area contributed by atoms with Gasteiger partial charge in [-0.15, -0.1) is 0 Å². The summed E-state index contributed by atoms with van der Waals surface area (Å²) in [5.41, 5.74) is 0. The van der Waals surface area contributed by atoms with Crippen LogP contribution in [0.2, 0.25) is 0 Å². The number of nitrogens with zero attached hydrogens (tertiary/aromatic N) is 1. The number of likely N-dealkylation sites (N-methyl/N-ethyl adjacent to an activating group) is 1. The predicted octanol–water partition coefficient (Wildman–Crippen LogP) is 0.442. The van der Waals surface area contributed by atoms with E-state index in [4.69, 9.17) is 0 Å². The van der Waals surface area contributed by atoms with Gasteiger partial charge in [0.05, 0.1) is 6.54 Å². The van der Waals surface area contributed by atoms with E-state index in [1.807, 2.05) is 0 Å². The molecule has 1 amide bonds. The summed E-state index contributed by atoms with van der Waals surface area (Å²) in [4.78, 5) is 13.6. The number of piperidine rings is 1. The van der Waals surface area contributed by atoms with Crippen LogP contribution in [0.15, 0.2) is 0 Å². The number of hydrogen-bond donors (Lipinski definition) is 2. The van der Waals surface area contributed by atoms with Crippen LogP contribution in [0.5, 0.6) is 0 Å². The summed E-state index contributed by atoms with van der Waals surface area (Å²) < 4.78 is 0. The smallest absolute Gasteiger partial charge is 0.233 e. The summed E-state index contributed by atoms with van der Waals surface area (Å²) in [5.74, 6) is 0.801. The van der Waals surface area contributed by atoms with Crippen LogP contribution < -0.4 is 10.6 Å². The van der Waals surface area contributed by atoms with E-state index in [-0.39, 0.29) is 5.91 Å². The maximum absolute atomic E-state index is 11.3. The van der Waals surface area contributed by atoms with Crippen molar-refractivity contribution in [2.75, 3.05) is 33.2 Å². The quantitative estimate of drug-likeness (QED) is 0.716. The average molecular weight is 227 g/mol. The first-order valence-corrected chi connectivity index (χ1v) is 6.33. The van der Waals surface area contributed by atoms with E-state index in [1.165, 1.54) is 12.8 Å². The van der Waals surface area contributed by atoms with Gasteiger partial charge in [0.25, 0.3) is 0 Å². The molecule has 1 aliphatic heterocycles. The van der Waals surface area contributed by atoms with Crippen molar-refractivity contribution in [3.63, 3.8) is 0 Å². The normalized spacial score (nSPS) is 24.1. The lowest BCUT2D eigenvalue weighted by Crippen LogP contribution is -2.47. The Labute approximate surface area is 98.8 Å². The fourth-order valence-electron chi connectivity index (χ4n) is 2.41. The average Bonchev–Trinajstić information content (AvgIpc) is 2.29. The minimum atomic E-state index is 0.122. The van der Waals surface area contributed by atoms with Crippen LogP contribution in [0.3, 0.4) is 0 Å². The third-order valence-corrected chi connectivity index (χ3v) is 3.42. The summed E-state index contributed by atoms with van der Waals surface area (Å²) in [5, 5.41) is 6.16. The van der Waals surface area contributed by atoms with E-state index in [1.54, 1.807) is 7.05 Å². The number of carbonyl (C=O) groups excluding carboxylic acids is 1. The second-order valence-electron chi connectivity index (χ2n) is 4.66. The molecule has 1 aliphatic rings. The molecule has 4 heteroatoms. The van der Waals surface area contributed by atoms with Gasteiger partial charge in [-0.2, -0.15) is 0 Å². The molecular formula is C12H25N3O. The predicted molar refractivity (Wildman–Crippen MR) is 66.4 cm³/mol. The minimum Gasteiger partial charge on any atom is -0.358 e. The molecule has 0 aromatic heterocycles. The Bertz CT molecular complexity index is 220. The molecule has 4 nitrogen and oxygen atoms in total. The van der Waals surface area contributed by atoms with E-state index in [0.717, 1.165) is 19.6 Å². The fraction of sp³-hybridized carbons (Fsp3) is 0.917. The lowest BCUT2D eigenvalue weighted by Gasteiger charge is -2.35. The van der Waals surface area contributed by atoms with Gasteiger partial charge in [0.15, 0.2) is 0 Å². The van der Waals surface area contributed by atoms with E-state index < -0.39 is 0 Å². The molecule has 1 rings (SSSR count). The summed E-state index contributed by atoms with van der Waals surface area (Å²) in [7, 11) is 1.70. The van der Waals surface area contributed by atoms with Crippen LogP contribution in [0, 0.1) is 5.92 Å². The molecule has 2 N–H and O–H groups in total. The fourth-order valence-corrected chi connectivity index (χ4v) is 2.41. The van der Waals surface area contributed by atoms with Gasteiger partial charge in [-0.3, -0.25) is 9.69 Å². The molecule has 16 heavy (non-hydrogen) atoms. The van der Waals surface area contributed by atoms with E-state index >= 15 is 0 Å². The molecule has 0 aliphatic carbocycles. The molecule has 1 fully saturated rings. The molecule has 2 unspecified atom stereocenters. The summed E-state index contributed by atoms with van der Waals surface area (Å²) >= 11 is 0. The summed E-state index contributed by atoms with van der Waals surface area (Å²) in [6, 6.07) is 0.553. The standard InChI is InChI=1S/C12H25N3O/c1-4-14-10(2)11-6-5-7-15(8-11)9-12(16)13-3/h10-11,14H,4-9H2,1-3H3,(H,13,16). The molecule has 94 valence electrons. The Kier molecular flexibility index (Phi) is 5.77. The minimum absolute atomic E-state index is 0.122. The second kappa shape index (κ2) is 6.86. The van der Waals surface area contributed by atoms with Crippen LogP contribution in [-0.4, -0.2) is 50.1 Å². The molecule has 2 atom stereocenters. The highest BCUT2D eigenvalue weighted by Crippen LogP contribution is 2.19. The number of amides is 1. The Balaban J connectivity index is 2.37. The van der Waals surface area contributed by atoms with Gasteiger partial charge in [0, 0.05) is 19.6 Å². The van der Waals surface area contributed by atoms with Crippen molar-refractivity contribution in [1.29, 1.82) is 0 Å². The van der Waals surface area contributed by atoms with Gasteiger partial charge < -0.3 is 10.6 Å². The lowest BCUT2D eigenvalue weighted by molar-refractivity contribution is -0.122. The molecule has 0 bridgehead atoms. The highest BCUT2D eigenvalue weighted by molar-refractivity contribution is 5.77. The van der Waals surface area contributed by atoms with Gasteiger partial charge in [-0.1, -0.05) is 6.92 Å². The molecule has 0 spiro atoms. The Hall–Kier alpha value is -0.610. The first-order valence-electron chi connectivity index (χ1n) is 6.33. The molecule has 0 aromatic carbocycles. The van der Waals surface area contributed by atoms with Crippen molar-refractivity contribution >= 4 is 5.91 Å². The van der Waals surface area contributed by atoms with E-state index in [2.05, 4.69) is 29.4 Å². The van der Waals surface area contributed by atoms with Crippen molar-refractivity contribution in [3.05, 3.63) is 0 Å². The zero-order chi connectivity index (χ0) is 12.0. The van der Waals surface area contributed by atoms with Crippen molar-refractivity contribution in [2.45, 2.75) is 32.7 Å². The third kappa shape index (κ3) is 4.10. The number of nitrogens with one attached hydrogen (secondary N) is 2. The van der Waals surface area contributed by atoms with Gasteiger partial charge in [0.2, 0.25) is 5.91 Å². The van der Waals surface area contributed by atoms with Crippen molar-refractivity contribution in [1.82, 2.24) is 15.5 Å². The Morgan fingerprint density at radius 3 is 2.94 bits per heavy atom. The van der Waals surface area contributed by atoms with Crippen LogP contribution >= 0.6 is 0 Å². The largest absolute Gasteiger partial charge is 0.358 e. The molecule has 0 saturated carbocycles. The molecule has 0 aromatic rings. The van der Waals surface area contributed by atoms with E-state index in [9.17, 15) is 4.79 Å².